The first kappa shape index (κ1) is 20.3. The molecule has 11 heteroatoms. The lowest BCUT2D eigenvalue weighted by Gasteiger charge is -2.45. The molecule has 1 atom stereocenters. The van der Waals surface area contributed by atoms with Gasteiger partial charge in [-0.3, -0.25) is 10.2 Å². The second kappa shape index (κ2) is 7.55. The Kier molecular flexibility index (Phi) is 5.48. The number of fused-ring (bicyclic) bond motifs is 2. The number of guanidine groups is 1. The van der Waals surface area contributed by atoms with Crippen molar-refractivity contribution in [1.29, 1.82) is 5.41 Å². The quantitative estimate of drug-likeness (QED) is 0.502. The van der Waals surface area contributed by atoms with Gasteiger partial charge in [-0.2, -0.15) is 4.40 Å². The zero-order valence-corrected chi connectivity index (χ0v) is 17.3. The second-order valence-corrected chi connectivity index (χ2v) is 9.45. The van der Waals surface area contributed by atoms with Crippen LogP contribution >= 0.6 is 12.1 Å². The maximum absolute atomic E-state index is 12.6. The van der Waals surface area contributed by atoms with Crippen LogP contribution < -0.4 is 10.6 Å². The van der Waals surface area contributed by atoms with Gasteiger partial charge in [0.2, 0.25) is 16.0 Å². The predicted molar refractivity (Wildman–Crippen MR) is 112 cm³/mol. The van der Waals surface area contributed by atoms with Crippen LogP contribution in [-0.2, 0) is 26.8 Å². The number of carbonyl (C=O) groups excluding carboxylic acids is 1. The van der Waals surface area contributed by atoms with E-state index < -0.39 is 15.6 Å². The lowest BCUT2D eigenvalue weighted by Crippen LogP contribution is -2.63. The molecular weight excluding hydrogens is 400 g/mol. The zero-order valence-electron chi connectivity index (χ0n) is 15.7. The van der Waals surface area contributed by atoms with Gasteiger partial charge in [0.25, 0.3) is 5.91 Å². The van der Waals surface area contributed by atoms with Crippen molar-refractivity contribution in [3.05, 3.63) is 29.3 Å². The van der Waals surface area contributed by atoms with Crippen LogP contribution in [0, 0.1) is 5.41 Å². The first-order valence-corrected chi connectivity index (χ1v) is 11.0. The number of amides is 1. The molecule has 1 spiro atoms. The van der Waals surface area contributed by atoms with E-state index >= 15 is 0 Å². The van der Waals surface area contributed by atoms with Gasteiger partial charge in [-0.05, 0) is 49.4 Å². The van der Waals surface area contributed by atoms with Crippen LogP contribution in [0.25, 0.3) is 0 Å². The monoisotopic (exact) mass is 422 g/mol. The number of sulfonamides is 1. The summed E-state index contributed by atoms with van der Waals surface area (Å²) in [7, 11) is -2.23. The van der Waals surface area contributed by atoms with Crippen molar-refractivity contribution < 1.29 is 13.2 Å². The molecule has 28 heavy (non-hydrogen) atoms. The molecule has 1 amide bonds. The van der Waals surface area contributed by atoms with E-state index in [4.69, 9.17) is 5.41 Å². The Morgan fingerprint density at radius 2 is 2.21 bits per heavy atom. The van der Waals surface area contributed by atoms with Gasteiger partial charge in [-0.15, -0.1) is 0 Å². The van der Waals surface area contributed by atoms with Gasteiger partial charge >= 0.3 is 0 Å². The number of carbonyl (C=O) groups is 1. The summed E-state index contributed by atoms with van der Waals surface area (Å²) in [5, 5.41) is 13.9. The standard InChI is InChI=1S/C17H22N6O3S2/c1-11(22-27-19-2)15(24)20-13-7-6-12-5-4-8-17(14(12)9-13)10-28(25,26)23(3)16(18)21-17/h6-7,9H,2,4-5,8,10H2,1,3H3,(H2,18,21)(H,20,24)/b22-11+/t17-/m0/s1. The molecular formula is C17H22N6O3S2. The Hall–Kier alpha value is -2.40. The van der Waals surface area contributed by atoms with Gasteiger partial charge in [-0.25, -0.2) is 17.1 Å². The largest absolute Gasteiger partial charge is 0.345 e. The predicted octanol–water partition coefficient (Wildman–Crippen LogP) is 1.68. The number of nitrogens with one attached hydrogen (secondary N) is 3. The van der Waals surface area contributed by atoms with Crippen molar-refractivity contribution >= 4 is 52.1 Å². The molecule has 1 aliphatic carbocycles. The van der Waals surface area contributed by atoms with E-state index in [1.165, 1.54) is 7.05 Å². The summed E-state index contributed by atoms with van der Waals surface area (Å²) in [5.41, 5.74) is 1.73. The van der Waals surface area contributed by atoms with Crippen LogP contribution in [0.5, 0.6) is 0 Å². The third-order valence-electron chi connectivity index (χ3n) is 5.02. The van der Waals surface area contributed by atoms with Crippen molar-refractivity contribution in [3.63, 3.8) is 0 Å². The Bertz CT molecular complexity index is 975. The van der Waals surface area contributed by atoms with Crippen molar-refractivity contribution in [2.45, 2.75) is 31.7 Å². The Morgan fingerprint density at radius 3 is 2.89 bits per heavy atom. The molecule has 1 fully saturated rings. The van der Waals surface area contributed by atoms with Crippen molar-refractivity contribution in [2.24, 2.45) is 8.80 Å². The van der Waals surface area contributed by atoms with E-state index in [0.29, 0.717) is 12.1 Å². The van der Waals surface area contributed by atoms with Crippen molar-refractivity contribution in [1.82, 2.24) is 9.62 Å². The third kappa shape index (κ3) is 3.76. The second-order valence-electron chi connectivity index (χ2n) is 6.85. The first-order valence-electron chi connectivity index (χ1n) is 8.63. The molecule has 0 aromatic heterocycles. The molecule has 3 rings (SSSR count). The van der Waals surface area contributed by atoms with E-state index in [0.717, 1.165) is 40.4 Å². The number of aryl methyl sites for hydroxylation is 1. The van der Waals surface area contributed by atoms with Crippen LogP contribution in [0.1, 0.15) is 30.9 Å². The molecule has 1 heterocycles. The maximum Gasteiger partial charge on any atom is 0.270 e. The summed E-state index contributed by atoms with van der Waals surface area (Å²) in [6.07, 6.45) is 2.23. The van der Waals surface area contributed by atoms with Crippen LogP contribution in [-0.4, -0.2) is 49.8 Å². The molecule has 0 bridgehead atoms. The highest BCUT2D eigenvalue weighted by atomic mass is 32.2. The van der Waals surface area contributed by atoms with Gasteiger partial charge in [0.05, 0.1) is 11.3 Å². The molecule has 0 unspecified atom stereocenters. The summed E-state index contributed by atoms with van der Waals surface area (Å²) in [6.45, 7) is 4.86. The minimum Gasteiger partial charge on any atom is -0.345 e. The van der Waals surface area contributed by atoms with Gasteiger partial charge in [-0.1, -0.05) is 6.07 Å². The van der Waals surface area contributed by atoms with Crippen molar-refractivity contribution in [2.75, 3.05) is 18.1 Å². The van der Waals surface area contributed by atoms with E-state index in [-0.39, 0.29) is 23.3 Å². The maximum atomic E-state index is 12.6. The van der Waals surface area contributed by atoms with E-state index in [2.05, 4.69) is 26.1 Å². The van der Waals surface area contributed by atoms with Gasteiger partial charge in [0, 0.05) is 19.5 Å². The van der Waals surface area contributed by atoms with Crippen molar-refractivity contribution in [3.8, 4) is 0 Å². The molecule has 1 aromatic carbocycles. The highest BCUT2D eigenvalue weighted by Crippen LogP contribution is 2.40. The lowest BCUT2D eigenvalue weighted by molar-refractivity contribution is -0.110. The number of hydrogen-bond donors (Lipinski definition) is 3. The van der Waals surface area contributed by atoms with E-state index in [9.17, 15) is 13.2 Å². The molecule has 2 aliphatic rings. The molecule has 0 radical (unpaired) electrons. The molecule has 1 saturated heterocycles. The number of rotatable bonds is 4. The Labute approximate surface area is 168 Å². The summed E-state index contributed by atoms with van der Waals surface area (Å²) in [6, 6.07) is 5.48. The fourth-order valence-corrected chi connectivity index (χ4v) is 5.33. The van der Waals surface area contributed by atoms with Crippen LogP contribution in [0.2, 0.25) is 0 Å². The Morgan fingerprint density at radius 1 is 1.46 bits per heavy atom. The molecule has 9 nitrogen and oxygen atoms in total. The average Bonchev–Trinajstić information content (AvgIpc) is 2.64. The number of anilines is 1. The smallest absolute Gasteiger partial charge is 0.270 e. The average molecular weight is 423 g/mol. The van der Waals surface area contributed by atoms with Crippen LogP contribution in [0.3, 0.4) is 0 Å². The normalized spacial score (nSPS) is 23.7. The van der Waals surface area contributed by atoms with Crippen LogP contribution in [0.4, 0.5) is 5.69 Å². The van der Waals surface area contributed by atoms with Gasteiger partial charge in [0.15, 0.2) is 0 Å². The fraction of sp³-hybridized carbons (Fsp3) is 0.412. The summed E-state index contributed by atoms with van der Waals surface area (Å²) < 4.78 is 33.5. The first-order chi connectivity index (χ1) is 13.2. The summed E-state index contributed by atoms with van der Waals surface area (Å²) in [4.78, 5) is 12.3. The minimum absolute atomic E-state index is 0.134. The molecule has 1 aliphatic heterocycles. The topological polar surface area (TPSA) is 127 Å². The molecule has 150 valence electrons. The fourth-order valence-electron chi connectivity index (χ4n) is 3.55. The van der Waals surface area contributed by atoms with Gasteiger partial charge < -0.3 is 10.6 Å². The zero-order chi connectivity index (χ0) is 20.5. The Balaban J connectivity index is 1.95. The number of benzene rings is 1. The van der Waals surface area contributed by atoms with Crippen LogP contribution in [0.15, 0.2) is 27.0 Å². The highest BCUT2D eigenvalue weighted by molar-refractivity contribution is 7.97. The number of hydrogen-bond acceptors (Lipinski definition) is 7. The summed E-state index contributed by atoms with van der Waals surface area (Å²) >= 11 is 0.832. The van der Waals surface area contributed by atoms with Gasteiger partial charge in [0.1, 0.15) is 17.8 Å². The molecule has 1 aromatic rings. The minimum atomic E-state index is -3.60. The van der Waals surface area contributed by atoms with E-state index in [1.54, 1.807) is 19.1 Å². The number of nitrogens with zero attached hydrogens (tertiary/aromatic N) is 3. The van der Waals surface area contributed by atoms with E-state index in [1.807, 2.05) is 6.07 Å². The summed E-state index contributed by atoms with van der Waals surface area (Å²) in [5.74, 6) is -0.658. The molecule has 0 saturated carbocycles. The lowest BCUT2D eigenvalue weighted by atomic mass is 9.77. The highest BCUT2D eigenvalue weighted by Gasteiger charge is 2.47. The SMILES string of the molecule is C=NS/N=C(\C)C(=O)Nc1ccc2c(c1)[C@]1(CCC2)CS(=O)(=O)N(C)C(=N)N1. The third-order valence-corrected chi connectivity index (χ3v) is 7.36. The molecule has 3 N–H and O–H groups in total.